The number of thiazole rings is 1. The van der Waals surface area contributed by atoms with Gasteiger partial charge in [-0.05, 0) is 30.3 Å². The topological polar surface area (TPSA) is 62.0 Å². The third-order valence-electron chi connectivity index (χ3n) is 3.88. The number of ether oxygens (including phenoxy) is 3. The molecule has 0 bridgehead atoms. The molecule has 3 aromatic rings. The van der Waals surface area contributed by atoms with Crippen LogP contribution in [0, 0.1) is 0 Å². The van der Waals surface area contributed by atoms with Crippen molar-refractivity contribution in [3.05, 3.63) is 45.7 Å². The van der Waals surface area contributed by atoms with E-state index < -0.39 is 5.91 Å². The highest BCUT2D eigenvalue weighted by molar-refractivity contribution is 7.16. The maximum Gasteiger partial charge on any atom is 0.279 e. The fourth-order valence-electron chi connectivity index (χ4n) is 2.57. The first-order chi connectivity index (χ1) is 12.5. The second-order valence-electron chi connectivity index (χ2n) is 5.39. The van der Waals surface area contributed by atoms with Crippen LogP contribution in [0.4, 0.5) is 0 Å². The minimum atomic E-state index is -0.405. The van der Waals surface area contributed by atoms with Gasteiger partial charge in [-0.2, -0.15) is 4.99 Å². The molecule has 0 aliphatic heterocycles. The van der Waals surface area contributed by atoms with Crippen LogP contribution in [0.1, 0.15) is 10.4 Å². The Morgan fingerprint density at radius 3 is 2.31 bits per heavy atom. The highest BCUT2D eigenvalue weighted by Gasteiger charge is 2.17. The third kappa shape index (κ3) is 3.27. The lowest BCUT2D eigenvalue weighted by molar-refractivity contribution is 0.0997. The Bertz CT molecular complexity index is 1030. The molecule has 0 spiro atoms. The van der Waals surface area contributed by atoms with Crippen molar-refractivity contribution in [1.29, 1.82) is 0 Å². The lowest BCUT2D eigenvalue weighted by Gasteiger charge is -2.12. The number of amides is 1. The summed E-state index contributed by atoms with van der Waals surface area (Å²) in [5.41, 5.74) is 1.30. The molecule has 2 aromatic carbocycles. The Hall–Kier alpha value is -2.51. The van der Waals surface area contributed by atoms with E-state index in [1.54, 1.807) is 18.2 Å². The molecule has 0 fully saturated rings. The van der Waals surface area contributed by atoms with Crippen LogP contribution in [0.5, 0.6) is 17.2 Å². The predicted molar refractivity (Wildman–Crippen MR) is 102 cm³/mol. The Morgan fingerprint density at radius 1 is 1.08 bits per heavy atom. The van der Waals surface area contributed by atoms with E-state index in [0.29, 0.717) is 32.6 Å². The molecule has 0 saturated heterocycles. The lowest BCUT2D eigenvalue weighted by Crippen LogP contribution is -2.13. The number of methoxy groups -OCH3 is 3. The Kier molecular flexibility index (Phi) is 5.20. The summed E-state index contributed by atoms with van der Waals surface area (Å²) in [5, 5.41) is 0.641. The van der Waals surface area contributed by atoms with Crippen molar-refractivity contribution in [2.45, 2.75) is 0 Å². The van der Waals surface area contributed by atoms with E-state index in [4.69, 9.17) is 25.8 Å². The molecule has 136 valence electrons. The van der Waals surface area contributed by atoms with Gasteiger partial charge in [-0.25, -0.2) is 0 Å². The Morgan fingerprint density at radius 2 is 1.73 bits per heavy atom. The van der Waals surface area contributed by atoms with E-state index in [9.17, 15) is 4.79 Å². The van der Waals surface area contributed by atoms with Gasteiger partial charge in [0.1, 0.15) is 0 Å². The summed E-state index contributed by atoms with van der Waals surface area (Å²) in [6, 6.07) is 8.72. The van der Waals surface area contributed by atoms with E-state index in [2.05, 4.69) is 4.99 Å². The number of halogens is 1. The first kappa shape index (κ1) is 18.3. The van der Waals surface area contributed by atoms with Gasteiger partial charge in [-0.15, -0.1) is 0 Å². The molecule has 0 aliphatic rings. The van der Waals surface area contributed by atoms with Crippen molar-refractivity contribution in [2.24, 2.45) is 12.0 Å². The zero-order chi connectivity index (χ0) is 18.8. The van der Waals surface area contributed by atoms with Crippen molar-refractivity contribution in [3.63, 3.8) is 0 Å². The minimum absolute atomic E-state index is 0.343. The molecule has 0 saturated carbocycles. The number of nitrogens with zero attached hydrogens (tertiary/aromatic N) is 2. The molecule has 8 heteroatoms. The number of aryl methyl sites for hydroxylation is 1. The van der Waals surface area contributed by atoms with E-state index >= 15 is 0 Å². The molecule has 1 aromatic heterocycles. The largest absolute Gasteiger partial charge is 0.493 e. The first-order valence-electron chi connectivity index (χ1n) is 7.62. The average Bonchev–Trinajstić information content (AvgIpc) is 2.94. The van der Waals surface area contributed by atoms with Gasteiger partial charge in [-0.3, -0.25) is 4.79 Å². The summed E-state index contributed by atoms with van der Waals surface area (Å²) in [5.74, 6) is 0.821. The van der Waals surface area contributed by atoms with Gasteiger partial charge in [0.25, 0.3) is 5.91 Å². The maximum absolute atomic E-state index is 12.7. The van der Waals surface area contributed by atoms with Crippen molar-refractivity contribution in [2.75, 3.05) is 21.3 Å². The summed E-state index contributed by atoms with van der Waals surface area (Å²) in [6.45, 7) is 0. The number of fused-ring (bicyclic) bond motifs is 1. The number of benzene rings is 2. The molecule has 0 atom stereocenters. The standard InChI is InChI=1S/C18H17ClN2O4S/c1-21-12-6-5-11(19)9-15(12)26-18(21)20-17(22)10-7-13(23-2)16(25-4)14(8-10)24-3/h5-9H,1-4H3. The Labute approximate surface area is 159 Å². The smallest absolute Gasteiger partial charge is 0.279 e. The summed E-state index contributed by atoms with van der Waals surface area (Å²) < 4.78 is 18.7. The van der Waals surface area contributed by atoms with Gasteiger partial charge in [0.05, 0.1) is 31.5 Å². The van der Waals surface area contributed by atoms with Gasteiger partial charge < -0.3 is 18.8 Å². The Balaban J connectivity index is 2.10. The number of hydrogen-bond acceptors (Lipinski definition) is 5. The molecule has 0 aliphatic carbocycles. The van der Waals surface area contributed by atoms with Gasteiger partial charge >= 0.3 is 0 Å². The highest BCUT2D eigenvalue weighted by atomic mass is 35.5. The zero-order valence-electron chi connectivity index (χ0n) is 14.7. The van der Waals surface area contributed by atoms with Gasteiger partial charge in [0.2, 0.25) is 5.75 Å². The number of aromatic nitrogens is 1. The molecule has 0 unspecified atom stereocenters. The van der Waals surface area contributed by atoms with E-state index in [0.717, 1.165) is 10.2 Å². The van der Waals surface area contributed by atoms with Crippen molar-refractivity contribution >= 4 is 39.1 Å². The van der Waals surface area contributed by atoms with Crippen LogP contribution in [0.15, 0.2) is 35.3 Å². The summed E-state index contributed by atoms with van der Waals surface area (Å²) in [7, 11) is 6.36. The summed E-state index contributed by atoms with van der Waals surface area (Å²) in [6.07, 6.45) is 0. The van der Waals surface area contributed by atoms with Crippen LogP contribution >= 0.6 is 22.9 Å². The molecule has 26 heavy (non-hydrogen) atoms. The average molecular weight is 393 g/mol. The molecule has 1 amide bonds. The summed E-state index contributed by atoms with van der Waals surface area (Å²) in [4.78, 5) is 17.5. The monoisotopic (exact) mass is 392 g/mol. The van der Waals surface area contributed by atoms with Crippen molar-refractivity contribution in [3.8, 4) is 17.2 Å². The van der Waals surface area contributed by atoms with Crippen molar-refractivity contribution < 1.29 is 19.0 Å². The molecule has 1 heterocycles. The highest BCUT2D eigenvalue weighted by Crippen LogP contribution is 2.38. The quantitative estimate of drug-likeness (QED) is 0.679. The first-order valence-corrected chi connectivity index (χ1v) is 8.82. The SMILES string of the molecule is COc1cc(C(=O)N=c2sc3cc(Cl)ccc3n2C)cc(OC)c1OC. The van der Waals surface area contributed by atoms with Crippen LogP contribution in [-0.4, -0.2) is 31.8 Å². The molecule has 3 rings (SSSR count). The molecular formula is C18H17ClN2O4S. The normalized spacial score (nSPS) is 11.7. The van der Waals surface area contributed by atoms with Gasteiger partial charge in [0, 0.05) is 17.6 Å². The van der Waals surface area contributed by atoms with Gasteiger partial charge in [-0.1, -0.05) is 22.9 Å². The maximum atomic E-state index is 12.7. The zero-order valence-corrected chi connectivity index (χ0v) is 16.3. The second-order valence-corrected chi connectivity index (χ2v) is 6.83. The predicted octanol–water partition coefficient (Wildman–Crippen LogP) is 3.66. The fraction of sp³-hybridized carbons (Fsp3) is 0.222. The van der Waals surface area contributed by atoms with Crippen LogP contribution in [0.2, 0.25) is 5.02 Å². The fourth-order valence-corrected chi connectivity index (χ4v) is 3.86. The third-order valence-corrected chi connectivity index (χ3v) is 5.21. The molecular weight excluding hydrogens is 376 g/mol. The molecule has 0 N–H and O–H groups in total. The summed E-state index contributed by atoms with van der Waals surface area (Å²) >= 11 is 7.43. The molecule has 0 radical (unpaired) electrons. The minimum Gasteiger partial charge on any atom is -0.493 e. The van der Waals surface area contributed by atoms with Crippen LogP contribution in [0.25, 0.3) is 10.2 Å². The lowest BCUT2D eigenvalue weighted by atomic mass is 10.1. The second kappa shape index (κ2) is 7.39. The van der Waals surface area contributed by atoms with Crippen LogP contribution < -0.4 is 19.0 Å². The van der Waals surface area contributed by atoms with E-state index in [1.807, 2.05) is 23.7 Å². The number of carbonyl (C=O) groups excluding carboxylic acids is 1. The van der Waals surface area contributed by atoms with Crippen molar-refractivity contribution in [1.82, 2.24) is 4.57 Å². The van der Waals surface area contributed by atoms with Crippen LogP contribution in [-0.2, 0) is 7.05 Å². The van der Waals surface area contributed by atoms with Gasteiger partial charge in [0.15, 0.2) is 16.3 Å². The van der Waals surface area contributed by atoms with Crippen LogP contribution in [0.3, 0.4) is 0 Å². The molecule has 6 nitrogen and oxygen atoms in total. The number of hydrogen-bond donors (Lipinski definition) is 0. The number of carbonyl (C=O) groups is 1. The van der Waals surface area contributed by atoms with E-state index in [1.165, 1.54) is 32.7 Å². The van der Waals surface area contributed by atoms with E-state index in [-0.39, 0.29) is 0 Å². The number of rotatable bonds is 4.